The molecule has 18 heavy (non-hydrogen) atoms. The van der Waals surface area contributed by atoms with Gasteiger partial charge in [-0.05, 0) is 37.1 Å². The van der Waals surface area contributed by atoms with Crippen LogP contribution in [0.25, 0.3) is 0 Å². The summed E-state index contributed by atoms with van der Waals surface area (Å²) in [6.07, 6.45) is 1.04. The van der Waals surface area contributed by atoms with Crippen molar-refractivity contribution in [1.82, 2.24) is 0 Å². The van der Waals surface area contributed by atoms with Gasteiger partial charge in [0.05, 0.1) is 18.2 Å². The monoisotopic (exact) mass is 285 g/mol. The molecule has 1 aromatic carbocycles. The molecule has 1 atom stereocenters. The van der Waals surface area contributed by atoms with Crippen LogP contribution in [0.2, 0.25) is 0 Å². The van der Waals surface area contributed by atoms with Crippen LogP contribution in [0.1, 0.15) is 31.4 Å². The standard InChI is InChI=1S/C14H19NOS.ClH/c1-4-7-16-12-5-6-13(10(2)8-12)14-15-9-11(3)17-14;/h5-6,8,11H,4,7,9H2,1-3H3;1H. The second kappa shape index (κ2) is 7.05. The summed E-state index contributed by atoms with van der Waals surface area (Å²) in [4.78, 5) is 4.58. The van der Waals surface area contributed by atoms with Crippen molar-refractivity contribution >= 4 is 29.2 Å². The molecule has 4 heteroatoms. The van der Waals surface area contributed by atoms with Crippen LogP contribution < -0.4 is 4.74 Å². The number of rotatable bonds is 4. The first-order valence-corrected chi connectivity index (χ1v) is 7.03. The minimum absolute atomic E-state index is 0. The molecule has 0 spiro atoms. The Hall–Kier alpha value is -0.670. The second-order valence-electron chi connectivity index (χ2n) is 4.40. The molecule has 1 aliphatic rings. The number of hydrogen-bond acceptors (Lipinski definition) is 3. The van der Waals surface area contributed by atoms with Crippen molar-refractivity contribution in [2.75, 3.05) is 13.2 Å². The average Bonchev–Trinajstić information content (AvgIpc) is 2.73. The quantitative estimate of drug-likeness (QED) is 0.831. The minimum atomic E-state index is 0. The van der Waals surface area contributed by atoms with E-state index in [1.54, 1.807) is 0 Å². The summed E-state index contributed by atoms with van der Waals surface area (Å²) in [6.45, 7) is 8.18. The largest absolute Gasteiger partial charge is 0.494 e. The lowest BCUT2D eigenvalue weighted by molar-refractivity contribution is 0.317. The predicted molar refractivity (Wildman–Crippen MR) is 82.7 cm³/mol. The molecule has 0 aromatic heterocycles. The van der Waals surface area contributed by atoms with Crippen molar-refractivity contribution in [3.63, 3.8) is 0 Å². The molecular weight excluding hydrogens is 266 g/mol. The maximum atomic E-state index is 5.63. The van der Waals surface area contributed by atoms with Crippen LogP contribution in [-0.2, 0) is 0 Å². The molecular formula is C14H20ClNOS. The van der Waals surface area contributed by atoms with Crippen LogP contribution in [0, 0.1) is 6.92 Å². The fraction of sp³-hybridized carbons (Fsp3) is 0.500. The molecule has 1 heterocycles. The molecule has 0 saturated heterocycles. The fourth-order valence-corrected chi connectivity index (χ4v) is 2.85. The van der Waals surface area contributed by atoms with Gasteiger partial charge < -0.3 is 4.74 Å². The highest BCUT2D eigenvalue weighted by Crippen LogP contribution is 2.28. The SMILES string of the molecule is CCCOc1ccc(C2=NCC(C)S2)c(C)c1.Cl. The van der Waals surface area contributed by atoms with Crippen molar-refractivity contribution in [1.29, 1.82) is 0 Å². The van der Waals surface area contributed by atoms with Gasteiger partial charge in [0, 0.05) is 10.8 Å². The van der Waals surface area contributed by atoms with E-state index in [2.05, 4.69) is 37.9 Å². The van der Waals surface area contributed by atoms with Gasteiger partial charge in [-0.25, -0.2) is 0 Å². The lowest BCUT2D eigenvalue weighted by Crippen LogP contribution is -2.00. The molecule has 1 unspecified atom stereocenters. The van der Waals surface area contributed by atoms with Crippen molar-refractivity contribution in [2.24, 2.45) is 4.99 Å². The van der Waals surface area contributed by atoms with Gasteiger partial charge in [0.15, 0.2) is 0 Å². The molecule has 100 valence electrons. The molecule has 0 amide bonds. The van der Waals surface area contributed by atoms with Crippen LogP contribution in [-0.4, -0.2) is 23.4 Å². The van der Waals surface area contributed by atoms with E-state index in [-0.39, 0.29) is 12.4 Å². The Bertz CT molecular complexity index is 434. The number of benzene rings is 1. The number of halogens is 1. The van der Waals surface area contributed by atoms with Gasteiger partial charge in [-0.2, -0.15) is 0 Å². The Kier molecular flexibility index (Phi) is 6.03. The van der Waals surface area contributed by atoms with E-state index in [0.717, 1.165) is 25.3 Å². The Balaban J connectivity index is 0.00000162. The summed E-state index contributed by atoms with van der Waals surface area (Å²) in [6, 6.07) is 6.28. The maximum Gasteiger partial charge on any atom is 0.119 e. The average molecular weight is 286 g/mol. The highest BCUT2D eigenvalue weighted by Gasteiger charge is 2.18. The van der Waals surface area contributed by atoms with Gasteiger partial charge in [0.25, 0.3) is 0 Å². The van der Waals surface area contributed by atoms with Gasteiger partial charge >= 0.3 is 0 Å². The zero-order chi connectivity index (χ0) is 12.3. The summed E-state index contributed by atoms with van der Waals surface area (Å²) in [5.41, 5.74) is 2.50. The number of nitrogens with zero attached hydrogens (tertiary/aromatic N) is 1. The van der Waals surface area contributed by atoms with E-state index in [4.69, 9.17) is 4.74 Å². The first kappa shape index (κ1) is 15.4. The highest BCUT2D eigenvalue weighted by atomic mass is 35.5. The molecule has 2 nitrogen and oxygen atoms in total. The third-order valence-electron chi connectivity index (χ3n) is 2.71. The predicted octanol–water partition coefficient (Wildman–Crippen LogP) is 4.09. The topological polar surface area (TPSA) is 21.6 Å². The summed E-state index contributed by atoms with van der Waals surface area (Å²) in [5.74, 6) is 0.963. The van der Waals surface area contributed by atoms with Crippen LogP contribution >= 0.6 is 24.2 Å². The molecule has 0 radical (unpaired) electrons. The maximum absolute atomic E-state index is 5.63. The van der Waals surface area contributed by atoms with E-state index in [0.29, 0.717) is 5.25 Å². The molecule has 2 rings (SSSR count). The Labute approximate surface area is 120 Å². The summed E-state index contributed by atoms with van der Waals surface area (Å²) < 4.78 is 5.63. The lowest BCUT2D eigenvalue weighted by atomic mass is 10.1. The fourth-order valence-electron chi connectivity index (χ4n) is 1.81. The molecule has 0 aliphatic carbocycles. The summed E-state index contributed by atoms with van der Waals surface area (Å²) in [7, 11) is 0. The van der Waals surface area contributed by atoms with E-state index in [9.17, 15) is 0 Å². The smallest absolute Gasteiger partial charge is 0.119 e. The van der Waals surface area contributed by atoms with Crippen LogP contribution in [0.3, 0.4) is 0 Å². The zero-order valence-electron chi connectivity index (χ0n) is 11.1. The van der Waals surface area contributed by atoms with Gasteiger partial charge in [-0.3, -0.25) is 4.99 Å². The Morgan fingerprint density at radius 3 is 2.78 bits per heavy atom. The third-order valence-corrected chi connectivity index (χ3v) is 3.83. The van der Waals surface area contributed by atoms with E-state index >= 15 is 0 Å². The number of thioether (sulfide) groups is 1. The number of aryl methyl sites for hydroxylation is 1. The van der Waals surface area contributed by atoms with Gasteiger partial charge in [-0.15, -0.1) is 24.2 Å². The second-order valence-corrected chi connectivity index (χ2v) is 5.83. The zero-order valence-corrected chi connectivity index (χ0v) is 12.7. The first-order chi connectivity index (χ1) is 8.20. The molecule has 0 bridgehead atoms. The van der Waals surface area contributed by atoms with Gasteiger partial charge in [0.1, 0.15) is 5.75 Å². The molecule has 0 N–H and O–H groups in total. The van der Waals surface area contributed by atoms with E-state index < -0.39 is 0 Å². The van der Waals surface area contributed by atoms with Crippen molar-refractivity contribution in [2.45, 2.75) is 32.4 Å². The number of ether oxygens (including phenoxy) is 1. The number of hydrogen-bond donors (Lipinski definition) is 0. The lowest BCUT2D eigenvalue weighted by Gasteiger charge is -2.09. The summed E-state index contributed by atoms with van der Waals surface area (Å²) in [5, 5.41) is 1.79. The van der Waals surface area contributed by atoms with Crippen molar-refractivity contribution in [3.05, 3.63) is 29.3 Å². The van der Waals surface area contributed by atoms with Crippen LogP contribution in [0.4, 0.5) is 0 Å². The molecule has 1 aromatic rings. The Morgan fingerprint density at radius 1 is 1.44 bits per heavy atom. The highest BCUT2D eigenvalue weighted by molar-refractivity contribution is 8.15. The molecule has 1 aliphatic heterocycles. The first-order valence-electron chi connectivity index (χ1n) is 6.15. The van der Waals surface area contributed by atoms with E-state index in [1.807, 2.05) is 17.8 Å². The minimum Gasteiger partial charge on any atom is -0.494 e. The molecule has 0 fully saturated rings. The van der Waals surface area contributed by atoms with Gasteiger partial charge in [0.2, 0.25) is 0 Å². The van der Waals surface area contributed by atoms with Gasteiger partial charge in [-0.1, -0.05) is 13.8 Å². The third kappa shape index (κ3) is 3.66. The van der Waals surface area contributed by atoms with Crippen molar-refractivity contribution < 1.29 is 4.74 Å². The Morgan fingerprint density at radius 2 is 2.22 bits per heavy atom. The van der Waals surface area contributed by atoms with Crippen molar-refractivity contribution in [3.8, 4) is 5.75 Å². The summed E-state index contributed by atoms with van der Waals surface area (Å²) >= 11 is 1.87. The normalized spacial score (nSPS) is 18.2. The number of aliphatic imine (C=N–C) groups is 1. The van der Waals surface area contributed by atoms with Crippen LogP contribution in [0.15, 0.2) is 23.2 Å². The molecule has 0 saturated carbocycles. The van der Waals surface area contributed by atoms with E-state index in [1.165, 1.54) is 16.2 Å². The van der Waals surface area contributed by atoms with Crippen LogP contribution in [0.5, 0.6) is 5.75 Å².